The summed E-state index contributed by atoms with van der Waals surface area (Å²) >= 11 is 0. The van der Waals surface area contributed by atoms with Crippen LogP contribution in [-0.2, 0) is 12.8 Å². The molecule has 2 aromatic rings. The van der Waals surface area contributed by atoms with E-state index in [4.69, 9.17) is 10.5 Å². The molecule has 0 saturated carbocycles. The van der Waals surface area contributed by atoms with Crippen molar-refractivity contribution in [3.05, 3.63) is 35.7 Å². The zero-order chi connectivity index (χ0) is 11.0. The third-order valence-electron chi connectivity index (χ3n) is 3.04. The molecule has 1 aliphatic rings. The second-order valence-corrected chi connectivity index (χ2v) is 4.08. The first kappa shape index (κ1) is 9.60. The minimum absolute atomic E-state index is 0.629. The maximum absolute atomic E-state index is 5.59. The number of nitrogens with zero attached hydrogens (tertiary/aromatic N) is 1. The average Bonchev–Trinajstić information content (AvgIpc) is 2.74. The van der Waals surface area contributed by atoms with E-state index >= 15 is 0 Å². The van der Waals surface area contributed by atoms with E-state index in [0.29, 0.717) is 6.54 Å². The van der Waals surface area contributed by atoms with Gasteiger partial charge in [0.25, 0.3) is 0 Å². The molecule has 0 bridgehead atoms. The molecular weight excluding hydrogens is 200 g/mol. The standard InChI is InChI=1S/C13H14N2O/c14-4-1-12-11-8-13-10(3-6-16-13)7-9(11)2-5-15-12/h2,5,7-8H,1,3-4,6,14H2. The fraction of sp³-hybridized carbons (Fsp3) is 0.308. The van der Waals surface area contributed by atoms with Crippen LogP contribution in [-0.4, -0.2) is 18.1 Å². The van der Waals surface area contributed by atoms with E-state index in [9.17, 15) is 0 Å². The molecule has 0 saturated heterocycles. The number of nitrogens with two attached hydrogens (primary N) is 1. The molecule has 82 valence electrons. The van der Waals surface area contributed by atoms with Crippen LogP contribution >= 0.6 is 0 Å². The molecule has 1 aliphatic heterocycles. The Morgan fingerprint density at radius 2 is 2.31 bits per heavy atom. The van der Waals surface area contributed by atoms with Gasteiger partial charge in [0, 0.05) is 30.1 Å². The fourth-order valence-electron chi connectivity index (χ4n) is 2.25. The summed E-state index contributed by atoms with van der Waals surface area (Å²) in [4.78, 5) is 4.39. The van der Waals surface area contributed by atoms with E-state index in [0.717, 1.165) is 30.9 Å². The van der Waals surface area contributed by atoms with Crippen LogP contribution in [0.2, 0.25) is 0 Å². The number of hydrogen-bond acceptors (Lipinski definition) is 3. The summed E-state index contributed by atoms with van der Waals surface area (Å²) in [6.45, 7) is 1.43. The quantitative estimate of drug-likeness (QED) is 0.827. The smallest absolute Gasteiger partial charge is 0.123 e. The number of pyridine rings is 1. The number of aromatic nitrogens is 1. The second kappa shape index (κ2) is 3.76. The van der Waals surface area contributed by atoms with Crippen LogP contribution in [0.25, 0.3) is 10.8 Å². The maximum atomic E-state index is 5.59. The minimum atomic E-state index is 0.629. The lowest BCUT2D eigenvalue weighted by molar-refractivity contribution is 0.357. The Morgan fingerprint density at radius 1 is 1.38 bits per heavy atom. The Balaban J connectivity index is 2.23. The summed E-state index contributed by atoms with van der Waals surface area (Å²) in [5.74, 6) is 1.01. The lowest BCUT2D eigenvalue weighted by Gasteiger charge is -2.06. The first-order chi connectivity index (χ1) is 7.88. The highest BCUT2D eigenvalue weighted by molar-refractivity contribution is 5.87. The van der Waals surface area contributed by atoms with Crippen LogP contribution in [0.3, 0.4) is 0 Å². The summed E-state index contributed by atoms with van der Waals surface area (Å²) in [6, 6.07) is 6.36. The Hall–Kier alpha value is -1.61. The average molecular weight is 214 g/mol. The largest absolute Gasteiger partial charge is 0.493 e. The van der Waals surface area contributed by atoms with Gasteiger partial charge in [-0.3, -0.25) is 4.98 Å². The van der Waals surface area contributed by atoms with Crippen molar-refractivity contribution in [2.75, 3.05) is 13.2 Å². The summed E-state index contributed by atoms with van der Waals surface area (Å²) < 4.78 is 5.58. The van der Waals surface area contributed by atoms with E-state index in [1.807, 2.05) is 12.3 Å². The SMILES string of the molecule is NCCc1nccc2cc3c(cc12)OCC3. The zero-order valence-corrected chi connectivity index (χ0v) is 9.07. The summed E-state index contributed by atoms with van der Waals surface area (Å²) in [7, 11) is 0. The van der Waals surface area contributed by atoms with E-state index in [1.54, 1.807) is 0 Å². The Labute approximate surface area is 94.2 Å². The van der Waals surface area contributed by atoms with Gasteiger partial charge in [0.1, 0.15) is 5.75 Å². The predicted molar refractivity (Wildman–Crippen MR) is 63.7 cm³/mol. The third-order valence-corrected chi connectivity index (χ3v) is 3.04. The molecule has 16 heavy (non-hydrogen) atoms. The molecule has 0 radical (unpaired) electrons. The number of hydrogen-bond donors (Lipinski definition) is 1. The first-order valence-electron chi connectivity index (χ1n) is 5.62. The van der Waals surface area contributed by atoms with Crippen molar-refractivity contribution in [3.63, 3.8) is 0 Å². The zero-order valence-electron chi connectivity index (χ0n) is 9.07. The highest BCUT2D eigenvalue weighted by atomic mass is 16.5. The predicted octanol–water partition coefficient (Wildman–Crippen LogP) is 1.67. The van der Waals surface area contributed by atoms with Crippen LogP contribution in [0, 0.1) is 0 Å². The van der Waals surface area contributed by atoms with Gasteiger partial charge in [-0.05, 0) is 35.7 Å². The van der Waals surface area contributed by atoms with Crippen molar-refractivity contribution < 1.29 is 4.74 Å². The van der Waals surface area contributed by atoms with E-state index in [2.05, 4.69) is 17.1 Å². The molecule has 1 aromatic heterocycles. The Morgan fingerprint density at radius 3 is 3.19 bits per heavy atom. The van der Waals surface area contributed by atoms with Crippen LogP contribution < -0.4 is 10.5 Å². The monoisotopic (exact) mass is 214 g/mol. The van der Waals surface area contributed by atoms with Gasteiger partial charge in [-0.25, -0.2) is 0 Å². The van der Waals surface area contributed by atoms with Gasteiger partial charge in [0.2, 0.25) is 0 Å². The van der Waals surface area contributed by atoms with Crippen LogP contribution in [0.4, 0.5) is 0 Å². The highest BCUT2D eigenvalue weighted by Crippen LogP contribution is 2.31. The van der Waals surface area contributed by atoms with E-state index < -0.39 is 0 Å². The van der Waals surface area contributed by atoms with Crippen LogP contribution in [0.15, 0.2) is 24.4 Å². The Bertz CT molecular complexity index is 537. The van der Waals surface area contributed by atoms with Crippen molar-refractivity contribution >= 4 is 10.8 Å². The van der Waals surface area contributed by atoms with Crippen molar-refractivity contribution in [3.8, 4) is 5.75 Å². The molecule has 0 amide bonds. The normalized spacial score (nSPS) is 13.8. The summed E-state index contributed by atoms with van der Waals surface area (Å²) in [5.41, 5.74) is 7.96. The molecule has 0 fully saturated rings. The molecule has 3 heteroatoms. The molecule has 3 rings (SSSR count). The number of rotatable bonds is 2. The minimum Gasteiger partial charge on any atom is -0.493 e. The van der Waals surface area contributed by atoms with Crippen LogP contribution in [0.1, 0.15) is 11.3 Å². The summed E-state index contributed by atoms with van der Waals surface area (Å²) in [6.07, 6.45) is 3.69. The lowest BCUT2D eigenvalue weighted by atomic mass is 10.0. The van der Waals surface area contributed by atoms with Gasteiger partial charge in [-0.2, -0.15) is 0 Å². The van der Waals surface area contributed by atoms with Gasteiger partial charge in [-0.1, -0.05) is 0 Å². The van der Waals surface area contributed by atoms with Gasteiger partial charge >= 0.3 is 0 Å². The fourth-order valence-corrected chi connectivity index (χ4v) is 2.25. The molecular formula is C13H14N2O. The van der Waals surface area contributed by atoms with Gasteiger partial charge in [0.05, 0.1) is 6.61 Å². The highest BCUT2D eigenvalue weighted by Gasteiger charge is 2.14. The van der Waals surface area contributed by atoms with Crippen molar-refractivity contribution in [1.82, 2.24) is 4.98 Å². The van der Waals surface area contributed by atoms with Crippen LogP contribution in [0.5, 0.6) is 5.75 Å². The molecule has 2 N–H and O–H groups in total. The van der Waals surface area contributed by atoms with E-state index in [1.165, 1.54) is 16.3 Å². The lowest BCUT2D eigenvalue weighted by Crippen LogP contribution is -2.04. The number of benzene rings is 1. The van der Waals surface area contributed by atoms with E-state index in [-0.39, 0.29) is 0 Å². The molecule has 1 aromatic carbocycles. The molecule has 0 atom stereocenters. The topological polar surface area (TPSA) is 48.1 Å². The number of ether oxygens (including phenoxy) is 1. The third kappa shape index (κ3) is 1.44. The van der Waals surface area contributed by atoms with Gasteiger partial charge < -0.3 is 10.5 Å². The second-order valence-electron chi connectivity index (χ2n) is 4.08. The van der Waals surface area contributed by atoms with Crippen molar-refractivity contribution in [2.45, 2.75) is 12.8 Å². The van der Waals surface area contributed by atoms with Gasteiger partial charge in [-0.15, -0.1) is 0 Å². The summed E-state index contributed by atoms with van der Waals surface area (Å²) in [5, 5.41) is 2.41. The van der Waals surface area contributed by atoms with Gasteiger partial charge in [0.15, 0.2) is 0 Å². The molecule has 3 nitrogen and oxygen atoms in total. The molecule has 0 unspecified atom stereocenters. The number of fused-ring (bicyclic) bond motifs is 2. The maximum Gasteiger partial charge on any atom is 0.123 e. The van der Waals surface area contributed by atoms with Crippen molar-refractivity contribution in [2.24, 2.45) is 5.73 Å². The molecule has 0 spiro atoms. The molecule has 0 aliphatic carbocycles. The molecule has 2 heterocycles. The first-order valence-corrected chi connectivity index (χ1v) is 5.62. The Kier molecular flexibility index (Phi) is 2.26. The van der Waals surface area contributed by atoms with Crippen molar-refractivity contribution in [1.29, 1.82) is 0 Å².